The van der Waals surface area contributed by atoms with Crippen LogP contribution in [0.5, 0.6) is 0 Å². The molecular formula is C25H33N3O. The van der Waals surface area contributed by atoms with Crippen molar-refractivity contribution in [2.24, 2.45) is 0 Å². The van der Waals surface area contributed by atoms with Gasteiger partial charge in [0.2, 0.25) is 5.91 Å². The van der Waals surface area contributed by atoms with Crippen molar-refractivity contribution in [3.63, 3.8) is 0 Å². The molecule has 1 amide bonds. The van der Waals surface area contributed by atoms with Crippen molar-refractivity contribution in [1.29, 1.82) is 0 Å². The molecule has 1 spiro atoms. The number of carbonyl (C=O) groups is 1. The Morgan fingerprint density at radius 3 is 2.48 bits per heavy atom. The zero-order chi connectivity index (χ0) is 20.1. The largest absolute Gasteiger partial charge is 0.379 e. The van der Waals surface area contributed by atoms with Crippen LogP contribution in [-0.2, 0) is 17.8 Å². The Hall–Kier alpha value is -2.33. The van der Waals surface area contributed by atoms with Crippen molar-refractivity contribution in [3.05, 3.63) is 65.7 Å². The third-order valence-electron chi connectivity index (χ3n) is 6.60. The summed E-state index contributed by atoms with van der Waals surface area (Å²) in [5.41, 5.74) is 3.74. The first-order valence-corrected chi connectivity index (χ1v) is 11.1. The Bertz CT molecular complexity index is 812. The van der Waals surface area contributed by atoms with Gasteiger partial charge >= 0.3 is 0 Å². The van der Waals surface area contributed by atoms with E-state index >= 15 is 0 Å². The van der Waals surface area contributed by atoms with Gasteiger partial charge in [0.1, 0.15) is 0 Å². The van der Waals surface area contributed by atoms with Crippen LogP contribution >= 0.6 is 0 Å². The standard InChI is InChI=1S/C25H33N3O/c1-2-28-20-22-12-6-7-13-23(22)26-25(19-24(28)29)14-17-27(18-15-25)16-8-11-21-9-4-3-5-10-21/h3-7,9-10,12-13,26H,2,8,11,14-20H2,1H3. The van der Waals surface area contributed by atoms with E-state index < -0.39 is 0 Å². The number of amides is 1. The second-order valence-corrected chi connectivity index (χ2v) is 8.58. The number of carbonyl (C=O) groups excluding carboxylic acids is 1. The molecule has 4 nitrogen and oxygen atoms in total. The molecule has 2 heterocycles. The van der Waals surface area contributed by atoms with Crippen LogP contribution in [0.4, 0.5) is 5.69 Å². The van der Waals surface area contributed by atoms with Crippen LogP contribution in [0, 0.1) is 0 Å². The number of nitrogens with one attached hydrogen (secondary N) is 1. The van der Waals surface area contributed by atoms with Crippen molar-refractivity contribution in [1.82, 2.24) is 9.80 Å². The maximum absolute atomic E-state index is 13.0. The lowest BCUT2D eigenvalue weighted by Gasteiger charge is -2.45. The fraction of sp³-hybridized carbons (Fsp3) is 0.480. The van der Waals surface area contributed by atoms with E-state index in [-0.39, 0.29) is 11.4 Å². The molecule has 29 heavy (non-hydrogen) atoms. The van der Waals surface area contributed by atoms with Crippen molar-refractivity contribution < 1.29 is 4.79 Å². The fourth-order valence-corrected chi connectivity index (χ4v) is 4.75. The predicted octanol–water partition coefficient (Wildman–Crippen LogP) is 4.32. The molecule has 1 N–H and O–H groups in total. The lowest BCUT2D eigenvalue weighted by atomic mass is 9.82. The van der Waals surface area contributed by atoms with E-state index in [1.54, 1.807) is 0 Å². The highest BCUT2D eigenvalue weighted by molar-refractivity contribution is 5.79. The van der Waals surface area contributed by atoms with E-state index in [9.17, 15) is 4.79 Å². The van der Waals surface area contributed by atoms with Gasteiger partial charge in [-0.3, -0.25) is 4.79 Å². The molecule has 4 rings (SSSR count). The number of benzene rings is 2. The van der Waals surface area contributed by atoms with Crippen LogP contribution in [0.2, 0.25) is 0 Å². The van der Waals surface area contributed by atoms with Gasteiger partial charge in [0.25, 0.3) is 0 Å². The number of hydrogen-bond acceptors (Lipinski definition) is 3. The number of rotatable bonds is 5. The van der Waals surface area contributed by atoms with E-state index in [0.29, 0.717) is 13.0 Å². The van der Waals surface area contributed by atoms with Gasteiger partial charge in [-0.15, -0.1) is 0 Å². The number of piperidine rings is 1. The lowest BCUT2D eigenvalue weighted by molar-refractivity contribution is -0.133. The van der Waals surface area contributed by atoms with Crippen molar-refractivity contribution in [2.75, 3.05) is 31.5 Å². The summed E-state index contributed by atoms with van der Waals surface area (Å²) in [5.74, 6) is 0.284. The van der Waals surface area contributed by atoms with E-state index in [1.807, 2.05) is 4.90 Å². The normalized spacial score (nSPS) is 19.3. The molecule has 2 aromatic rings. The summed E-state index contributed by atoms with van der Waals surface area (Å²) < 4.78 is 0. The highest BCUT2D eigenvalue weighted by Gasteiger charge is 2.39. The molecule has 2 aromatic carbocycles. The van der Waals surface area contributed by atoms with Gasteiger partial charge in [-0.1, -0.05) is 48.5 Å². The average molecular weight is 392 g/mol. The lowest BCUT2D eigenvalue weighted by Crippen LogP contribution is -2.53. The maximum atomic E-state index is 13.0. The molecule has 0 radical (unpaired) electrons. The second kappa shape index (κ2) is 9.00. The summed E-state index contributed by atoms with van der Waals surface area (Å²) in [7, 11) is 0. The van der Waals surface area contributed by atoms with Gasteiger partial charge in [0, 0.05) is 43.8 Å². The minimum atomic E-state index is -0.114. The zero-order valence-corrected chi connectivity index (χ0v) is 17.6. The molecule has 1 saturated heterocycles. The van der Waals surface area contributed by atoms with Gasteiger partial charge in [-0.05, 0) is 56.3 Å². The number of likely N-dealkylation sites (tertiary alicyclic amines) is 1. The van der Waals surface area contributed by atoms with E-state index in [0.717, 1.165) is 45.4 Å². The van der Waals surface area contributed by atoms with Crippen LogP contribution in [0.1, 0.15) is 43.7 Å². The first kappa shape index (κ1) is 20.0. The van der Waals surface area contributed by atoms with E-state index in [4.69, 9.17) is 0 Å². The topological polar surface area (TPSA) is 35.6 Å². The first-order chi connectivity index (χ1) is 14.2. The van der Waals surface area contributed by atoms with Crippen LogP contribution in [-0.4, -0.2) is 47.4 Å². The fourth-order valence-electron chi connectivity index (χ4n) is 4.75. The molecule has 0 bridgehead atoms. The number of aryl methyl sites for hydroxylation is 1. The first-order valence-electron chi connectivity index (χ1n) is 11.1. The molecular weight excluding hydrogens is 358 g/mol. The van der Waals surface area contributed by atoms with Crippen LogP contribution in [0.15, 0.2) is 54.6 Å². The summed E-state index contributed by atoms with van der Waals surface area (Å²) in [4.78, 5) is 17.5. The molecule has 0 aromatic heterocycles. The summed E-state index contributed by atoms with van der Waals surface area (Å²) in [6.45, 7) is 6.82. The highest BCUT2D eigenvalue weighted by Crippen LogP contribution is 2.34. The molecule has 0 atom stereocenters. The summed E-state index contributed by atoms with van der Waals surface area (Å²) in [6.07, 6.45) is 4.98. The van der Waals surface area contributed by atoms with Gasteiger partial charge in [-0.2, -0.15) is 0 Å². The Morgan fingerprint density at radius 2 is 1.72 bits per heavy atom. The smallest absolute Gasteiger partial charge is 0.225 e. The predicted molar refractivity (Wildman–Crippen MR) is 119 cm³/mol. The number of para-hydroxylation sites is 1. The number of nitrogens with zero attached hydrogens (tertiary/aromatic N) is 2. The minimum absolute atomic E-state index is 0.114. The summed E-state index contributed by atoms with van der Waals surface area (Å²) in [6, 6.07) is 19.2. The molecule has 4 heteroatoms. The Kier molecular flexibility index (Phi) is 6.19. The Labute approximate surface area is 174 Å². The van der Waals surface area contributed by atoms with Gasteiger partial charge in [0.15, 0.2) is 0 Å². The highest BCUT2D eigenvalue weighted by atomic mass is 16.2. The summed E-state index contributed by atoms with van der Waals surface area (Å²) in [5, 5.41) is 3.82. The molecule has 0 saturated carbocycles. The number of hydrogen-bond donors (Lipinski definition) is 1. The zero-order valence-electron chi connectivity index (χ0n) is 17.6. The molecule has 154 valence electrons. The molecule has 2 aliphatic heterocycles. The molecule has 0 aliphatic carbocycles. The number of anilines is 1. The van der Waals surface area contributed by atoms with E-state index in [1.165, 1.54) is 23.2 Å². The quantitative estimate of drug-likeness (QED) is 0.825. The van der Waals surface area contributed by atoms with E-state index in [2.05, 4.69) is 71.7 Å². The molecule has 1 fully saturated rings. The SMILES string of the molecule is CCN1Cc2ccccc2NC2(CCN(CCCc3ccccc3)CC2)CC1=O. The van der Waals surface area contributed by atoms with Crippen molar-refractivity contribution in [3.8, 4) is 0 Å². The van der Waals surface area contributed by atoms with Crippen LogP contribution < -0.4 is 5.32 Å². The maximum Gasteiger partial charge on any atom is 0.225 e. The van der Waals surface area contributed by atoms with Gasteiger partial charge < -0.3 is 15.1 Å². The van der Waals surface area contributed by atoms with Crippen molar-refractivity contribution >= 4 is 11.6 Å². The minimum Gasteiger partial charge on any atom is -0.379 e. The van der Waals surface area contributed by atoms with Crippen LogP contribution in [0.3, 0.4) is 0 Å². The van der Waals surface area contributed by atoms with Crippen LogP contribution in [0.25, 0.3) is 0 Å². The Morgan fingerprint density at radius 1 is 1.00 bits per heavy atom. The monoisotopic (exact) mass is 391 g/mol. The average Bonchev–Trinajstić information content (AvgIpc) is 2.74. The number of fused-ring (bicyclic) bond motifs is 1. The Balaban J connectivity index is 1.39. The third kappa shape index (κ3) is 4.81. The third-order valence-corrected chi connectivity index (χ3v) is 6.60. The second-order valence-electron chi connectivity index (χ2n) is 8.58. The van der Waals surface area contributed by atoms with Gasteiger partial charge in [-0.25, -0.2) is 0 Å². The molecule has 0 unspecified atom stereocenters. The van der Waals surface area contributed by atoms with Crippen molar-refractivity contribution in [2.45, 2.75) is 51.1 Å². The summed E-state index contributed by atoms with van der Waals surface area (Å²) >= 11 is 0. The molecule has 2 aliphatic rings. The van der Waals surface area contributed by atoms with Gasteiger partial charge in [0.05, 0.1) is 0 Å².